The minimum atomic E-state index is 0.560. The highest BCUT2D eigenvalue weighted by Crippen LogP contribution is 2.20. The summed E-state index contributed by atoms with van der Waals surface area (Å²) in [7, 11) is 0. The number of hydrogen-bond acceptors (Lipinski definition) is 5. The van der Waals surface area contributed by atoms with Crippen molar-refractivity contribution in [1.82, 2.24) is 9.97 Å². The van der Waals surface area contributed by atoms with E-state index in [0.29, 0.717) is 11.5 Å². The highest BCUT2D eigenvalue weighted by Gasteiger charge is 2.13. The largest absolute Gasteiger partial charge is 0.356 e. The number of aromatic nitrogens is 2. The van der Waals surface area contributed by atoms with Gasteiger partial charge in [0, 0.05) is 25.0 Å². The Balaban J connectivity index is 1.80. The first-order valence-corrected chi connectivity index (χ1v) is 6.70. The molecule has 2 heterocycles. The lowest BCUT2D eigenvalue weighted by Crippen LogP contribution is -2.19. The second kappa shape index (κ2) is 5.57. The molecule has 1 N–H and O–H groups in total. The Kier molecular flexibility index (Phi) is 3.46. The van der Waals surface area contributed by atoms with Crippen molar-refractivity contribution in [3.05, 3.63) is 42.1 Å². The quantitative estimate of drug-likeness (QED) is 0.924. The van der Waals surface area contributed by atoms with Gasteiger partial charge in [-0.1, -0.05) is 6.07 Å². The molecule has 5 nitrogen and oxygen atoms in total. The smallest absolute Gasteiger partial charge is 0.229 e. The van der Waals surface area contributed by atoms with Crippen molar-refractivity contribution in [2.75, 3.05) is 23.3 Å². The maximum absolute atomic E-state index is 8.90. The van der Waals surface area contributed by atoms with Crippen LogP contribution in [0.3, 0.4) is 0 Å². The Morgan fingerprint density at radius 2 is 2.05 bits per heavy atom. The minimum absolute atomic E-state index is 0.560. The second-order valence-corrected chi connectivity index (χ2v) is 4.75. The van der Waals surface area contributed by atoms with Gasteiger partial charge in [0.2, 0.25) is 5.95 Å². The molecule has 1 fully saturated rings. The molecule has 1 aliphatic rings. The molecule has 1 saturated heterocycles. The molecule has 0 spiro atoms. The molecule has 100 valence electrons. The van der Waals surface area contributed by atoms with E-state index in [0.717, 1.165) is 24.6 Å². The van der Waals surface area contributed by atoms with Crippen LogP contribution in [0.25, 0.3) is 0 Å². The van der Waals surface area contributed by atoms with Gasteiger partial charge in [-0.2, -0.15) is 10.2 Å². The van der Waals surface area contributed by atoms with Crippen LogP contribution >= 0.6 is 0 Å². The summed E-state index contributed by atoms with van der Waals surface area (Å²) in [5.41, 5.74) is 1.44. The van der Waals surface area contributed by atoms with Crippen molar-refractivity contribution in [2.45, 2.75) is 12.8 Å². The number of nitrogens with zero attached hydrogens (tertiary/aromatic N) is 4. The second-order valence-electron chi connectivity index (χ2n) is 4.75. The van der Waals surface area contributed by atoms with Crippen LogP contribution in [0, 0.1) is 11.3 Å². The molecule has 0 unspecified atom stereocenters. The van der Waals surface area contributed by atoms with Crippen LogP contribution in [0.15, 0.2) is 36.5 Å². The first kappa shape index (κ1) is 12.4. The lowest BCUT2D eigenvalue weighted by molar-refractivity contribution is 0.930. The van der Waals surface area contributed by atoms with E-state index in [-0.39, 0.29) is 0 Å². The van der Waals surface area contributed by atoms with E-state index < -0.39 is 0 Å². The normalized spacial score (nSPS) is 14.1. The van der Waals surface area contributed by atoms with E-state index in [2.05, 4.69) is 26.3 Å². The van der Waals surface area contributed by atoms with Gasteiger partial charge in [-0.25, -0.2) is 4.98 Å². The average molecular weight is 265 g/mol. The standard InChI is InChI=1S/C15H15N5/c16-11-12-4-3-5-13(10-12)18-15-17-7-6-14(19-15)20-8-1-2-9-20/h3-7,10H,1-2,8-9H2,(H,17,18,19). The molecule has 2 aromatic rings. The molecule has 1 aromatic heterocycles. The fourth-order valence-electron chi connectivity index (χ4n) is 2.33. The van der Waals surface area contributed by atoms with Gasteiger partial charge in [-0.3, -0.25) is 0 Å². The van der Waals surface area contributed by atoms with Crippen molar-refractivity contribution in [2.24, 2.45) is 0 Å². The fraction of sp³-hybridized carbons (Fsp3) is 0.267. The van der Waals surface area contributed by atoms with Crippen molar-refractivity contribution in [1.29, 1.82) is 5.26 Å². The van der Waals surface area contributed by atoms with Gasteiger partial charge >= 0.3 is 0 Å². The molecule has 1 aromatic carbocycles. The monoisotopic (exact) mass is 265 g/mol. The molecule has 20 heavy (non-hydrogen) atoms. The van der Waals surface area contributed by atoms with Crippen molar-refractivity contribution in [3.8, 4) is 6.07 Å². The van der Waals surface area contributed by atoms with Gasteiger partial charge in [0.15, 0.2) is 0 Å². The van der Waals surface area contributed by atoms with Gasteiger partial charge in [-0.15, -0.1) is 0 Å². The molecule has 1 aliphatic heterocycles. The highest BCUT2D eigenvalue weighted by molar-refractivity contribution is 5.57. The Morgan fingerprint density at radius 3 is 2.85 bits per heavy atom. The lowest BCUT2D eigenvalue weighted by Gasteiger charge is -2.16. The summed E-state index contributed by atoms with van der Waals surface area (Å²) in [6.45, 7) is 2.11. The third-order valence-corrected chi connectivity index (χ3v) is 3.32. The SMILES string of the molecule is N#Cc1cccc(Nc2nccc(N3CCCC3)n2)c1. The summed E-state index contributed by atoms with van der Waals surface area (Å²) in [5, 5.41) is 12.0. The Hall–Kier alpha value is -2.61. The molecule has 5 heteroatoms. The van der Waals surface area contributed by atoms with E-state index in [1.807, 2.05) is 18.2 Å². The Bertz CT molecular complexity index is 641. The van der Waals surface area contributed by atoms with Gasteiger partial charge in [-0.05, 0) is 37.1 Å². The van der Waals surface area contributed by atoms with E-state index in [1.54, 1.807) is 18.3 Å². The summed E-state index contributed by atoms with van der Waals surface area (Å²) < 4.78 is 0. The number of anilines is 3. The molecular formula is C15H15N5. The first-order chi connectivity index (χ1) is 9.85. The Morgan fingerprint density at radius 1 is 1.20 bits per heavy atom. The predicted octanol–water partition coefficient (Wildman–Crippen LogP) is 2.69. The number of rotatable bonds is 3. The molecule has 0 atom stereocenters. The number of benzene rings is 1. The number of hydrogen-bond donors (Lipinski definition) is 1. The lowest BCUT2D eigenvalue weighted by atomic mass is 10.2. The number of nitrogens with one attached hydrogen (secondary N) is 1. The maximum atomic E-state index is 8.90. The highest BCUT2D eigenvalue weighted by atomic mass is 15.2. The summed E-state index contributed by atoms with van der Waals surface area (Å²) in [4.78, 5) is 11.0. The minimum Gasteiger partial charge on any atom is -0.356 e. The zero-order valence-electron chi connectivity index (χ0n) is 11.1. The Labute approximate surface area is 117 Å². The molecule has 0 amide bonds. The van der Waals surface area contributed by atoms with Crippen LogP contribution in [0.5, 0.6) is 0 Å². The van der Waals surface area contributed by atoms with Crippen molar-refractivity contribution >= 4 is 17.5 Å². The maximum Gasteiger partial charge on any atom is 0.229 e. The average Bonchev–Trinajstić information content (AvgIpc) is 3.02. The zero-order valence-corrected chi connectivity index (χ0v) is 11.1. The predicted molar refractivity (Wildman–Crippen MR) is 77.9 cm³/mol. The topological polar surface area (TPSA) is 64.8 Å². The van der Waals surface area contributed by atoms with E-state index >= 15 is 0 Å². The van der Waals surface area contributed by atoms with Gasteiger partial charge in [0.25, 0.3) is 0 Å². The third-order valence-electron chi connectivity index (χ3n) is 3.32. The van der Waals surface area contributed by atoms with Gasteiger partial charge < -0.3 is 10.2 Å². The summed E-state index contributed by atoms with van der Waals surface area (Å²) >= 11 is 0. The molecule has 0 bridgehead atoms. The van der Waals surface area contributed by atoms with Crippen LogP contribution in [-0.2, 0) is 0 Å². The van der Waals surface area contributed by atoms with Gasteiger partial charge in [0.1, 0.15) is 5.82 Å². The fourth-order valence-corrected chi connectivity index (χ4v) is 2.33. The molecule has 0 radical (unpaired) electrons. The first-order valence-electron chi connectivity index (χ1n) is 6.70. The van der Waals surface area contributed by atoms with Crippen molar-refractivity contribution in [3.63, 3.8) is 0 Å². The summed E-state index contributed by atoms with van der Waals surface area (Å²) in [6.07, 6.45) is 4.20. The van der Waals surface area contributed by atoms with Crippen LogP contribution < -0.4 is 10.2 Å². The number of nitriles is 1. The van der Waals surface area contributed by atoms with Crippen molar-refractivity contribution < 1.29 is 0 Å². The van der Waals surface area contributed by atoms with E-state index in [4.69, 9.17) is 5.26 Å². The van der Waals surface area contributed by atoms with Crippen LogP contribution in [0.1, 0.15) is 18.4 Å². The summed E-state index contributed by atoms with van der Waals surface area (Å²) in [6, 6.07) is 11.3. The van der Waals surface area contributed by atoms with Crippen LogP contribution in [0.4, 0.5) is 17.5 Å². The molecule has 0 aliphatic carbocycles. The van der Waals surface area contributed by atoms with E-state index in [9.17, 15) is 0 Å². The zero-order chi connectivity index (χ0) is 13.8. The molecule has 0 saturated carbocycles. The van der Waals surface area contributed by atoms with E-state index in [1.165, 1.54) is 12.8 Å². The molecular weight excluding hydrogens is 250 g/mol. The van der Waals surface area contributed by atoms with Gasteiger partial charge in [0.05, 0.1) is 11.6 Å². The summed E-state index contributed by atoms with van der Waals surface area (Å²) in [5.74, 6) is 1.51. The van der Waals surface area contributed by atoms with Crippen LogP contribution in [0.2, 0.25) is 0 Å². The third kappa shape index (κ3) is 2.69. The van der Waals surface area contributed by atoms with Crippen LogP contribution in [-0.4, -0.2) is 23.1 Å². The molecule has 3 rings (SSSR count).